The van der Waals surface area contributed by atoms with Crippen molar-refractivity contribution in [2.24, 2.45) is 0 Å². The molecular formula is C17H15NO3. The molecule has 2 rings (SSSR count). The summed E-state index contributed by atoms with van der Waals surface area (Å²) in [6.45, 7) is 0. The zero-order valence-corrected chi connectivity index (χ0v) is 11.8. The second-order valence-electron chi connectivity index (χ2n) is 4.28. The Morgan fingerprint density at radius 2 is 1.90 bits per heavy atom. The molecule has 0 saturated heterocycles. The predicted molar refractivity (Wildman–Crippen MR) is 80.3 cm³/mol. The monoisotopic (exact) mass is 281 g/mol. The first-order valence-corrected chi connectivity index (χ1v) is 6.31. The topological polar surface area (TPSA) is 62.5 Å². The van der Waals surface area contributed by atoms with E-state index in [1.54, 1.807) is 38.5 Å². The highest BCUT2D eigenvalue weighted by Crippen LogP contribution is 2.38. The van der Waals surface area contributed by atoms with E-state index in [1.807, 2.05) is 24.3 Å². The molecule has 4 nitrogen and oxygen atoms in total. The van der Waals surface area contributed by atoms with Gasteiger partial charge in [0.2, 0.25) is 0 Å². The largest absolute Gasteiger partial charge is 0.508 e. The number of para-hydroxylation sites is 1. The molecule has 0 aliphatic heterocycles. The maximum atomic E-state index is 9.64. The third kappa shape index (κ3) is 2.98. The second-order valence-corrected chi connectivity index (χ2v) is 4.28. The number of hydrogen-bond acceptors (Lipinski definition) is 4. The van der Waals surface area contributed by atoms with Crippen molar-refractivity contribution in [1.82, 2.24) is 0 Å². The van der Waals surface area contributed by atoms with Crippen molar-refractivity contribution in [3.05, 3.63) is 59.7 Å². The van der Waals surface area contributed by atoms with Gasteiger partial charge in [-0.05, 0) is 23.8 Å². The lowest BCUT2D eigenvalue weighted by Crippen LogP contribution is -1.97. The molecule has 0 aromatic heterocycles. The Balaban J connectivity index is 2.66. The summed E-state index contributed by atoms with van der Waals surface area (Å²) in [4.78, 5) is 0. The first-order valence-electron chi connectivity index (χ1n) is 6.31. The highest BCUT2D eigenvalue weighted by atomic mass is 16.5. The van der Waals surface area contributed by atoms with Gasteiger partial charge >= 0.3 is 0 Å². The van der Waals surface area contributed by atoms with E-state index in [4.69, 9.17) is 14.7 Å². The molecule has 0 unspecified atom stereocenters. The van der Waals surface area contributed by atoms with Gasteiger partial charge in [0.05, 0.1) is 20.3 Å². The van der Waals surface area contributed by atoms with Crippen molar-refractivity contribution in [1.29, 1.82) is 5.26 Å². The summed E-state index contributed by atoms with van der Waals surface area (Å²) < 4.78 is 10.7. The van der Waals surface area contributed by atoms with Crippen LogP contribution in [0.15, 0.2) is 48.5 Å². The maximum absolute atomic E-state index is 9.64. The van der Waals surface area contributed by atoms with Crippen LogP contribution in [0.5, 0.6) is 17.2 Å². The molecule has 0 aliphatic carbocycles. The summed E-state index contributed by atoms with van der Waals surface area (Å²) in [6.07, 6.45) is 1.42. The van der Waals surface area contributed by atoms with Crippen molar-refractivity contribution in [2.75, 3.05) is 14.2 Å². The summed E-state index contributed by atoms with van der Waals surface area (Å²) in [5, 5.41) is 18.7. The molecule has 0 saturated carbocycles. The molecule has 4 heteroatoms. The molecule has 106 valence electrons. The first-order chi connectivity index (χ1) is 10.2. The number of benzene rings is 2. The van der Waals surface area contributed by atoms with Crippen LogP contribution < -0.4 is 9.47 Å². The lowest BCUT2D eigenvalue weighted by molar-refractivity contribution is 0.354. The van der Waals surface area contributed by atoms with E-state index in [1.165, 1.54) is 6.08 Å². The maximum Gasteiger partial charge on any atom is 0.168 e. The summed E-state index contributed by atoms with van der Waals surface area (Å²) in [6, 6.07) is 14.2. The summed E-state index contributed by atoms with van der Waals surface area (Å²) in [5.74, 6) is 1.27. The van der Waals surface area contributed by atoms with Gasteiger partial charge in [-0.1, -0.05) is 24.3 Å². The molecule has 2 aromatic rings. The summed E-state index contributed by atoms with van der Waals surface area (Å²) >= 11 is 0. The number of hydrogen-bond donors (Lipinski definition) is 1. The van der Waals surface area contributed by atoms with Crippen molar-refractivity contribution in [2.45, 2.75) is 0 Å². The fraction of sp³-hybridized carbons (Fsp3) is 0.118. The molecule has 0 amide bonds. The number of aromatic hydroxyl groups is 1. The first kappa shape index (κ1) is 14.5. The molecule has 0 bridgehead atoms. The van der Waals surface area contributed by atoms with Gasteiger partial charge in [0.25, 0.3) is 0 Å². The minimum atomic E-state index is 0.137. The Labute approximate surface area is 123 Å². The normalized spacial score (nSPS) is 10.8. The van der Waals surface area contributed by atoms with E-state index >= 15 is 0 Å². The van der Waals surface area contributed by atoms with E-state index in [-0.39, 0.29) is 5.75 Å². The Bertz CT molecular complexity index is 714. The Morgan fingerprint density at radius 3 is 2.52 bits per heavy atom. The van der Waals surface area contributed by atoms with Crippen molar-refractivity contribution in [3.8, 4) is 23.3 Å². The molecule has 0 spiro atoms. The van der Waals surface area contributed by atoms with E-state index in [0.29, 0.717) is 17.1 Å². The molecule has 0 aliphatic rings. The number of rotatable bonds is 4. The average molecular weight is 281 g/mol. The van der Waals surface area contributed by atoms with Gasteiger partial charge in [-0.15, -0.1) is 0 Å². The predicted octanol–water partition coefficient (Wildman–Crippen LogP) is 3.36. The van der Waals surface area contributed by atoms with Crippen molar-refractivity contribution >= 4 is 5.57 Å². The van der Waals surface area contributed by atoms with Gasteiger partial charge < -0.3 is 14.6 Å². The number of methoxy groups -OCH3 is 2. The summed E-state index contributed by atoms with van der Waals surface area (Å²) in [7, 11) is 3.11. The number of phenols is 1. The highest BCUT2D eigenvalue weighted by molar-refractivity contribution is 5.85. The van der Waals surface area contributed by atoms with Crippen LogP contribution >= 0.6 is 0 Å². The van der Waals surface area contributed by atoms with Gasteiger partial charge in [0.1, 0.15) is 5.75 Å². The van der Waals surface area contributed by atoms with Gasteiger partial charge in [-0.2, -0.15) is 5.26 Å². The lowest BCUT2D eigenvalue weighted by atomic mass is 9.96. The SMILES string of the molecule is COc1cccc(C(=CC#N)c2cccc(O)c2)c1OC. The van der Waals surface area contributed by atoms with E-state index < -0.39 is 0 Å². The number of nitrogens with zero attached hydrogens (tertiary/aromatic N) is 1. The number of allylic oxidation sites excluding steroid dienone is 1. The zero-order valence-electron chi connectivity index (χ0n) is 11.8. The van der Waals surface area contributed by atoms with Gasteiger partial charge in [0, 0.05) is 17.2 Å². The minimum Gasteiger partial charge on any atom is -0.508 e. The average Bonchev–Trinajstić information content (AvgIpc) is 2.51. The van der Waals surface area contributed by atoms with E-state index in [9.17, 15) is 5.11 Å². The number of phenolic OH excluding ortho intramolecular Hbond substituents is 1. The van der Waals surface area contributed by atoms with Crippen LogP contribution in [0.1, 0.15) is 11.1 Å². The summed E-state index contributed by atoms with van der Waals surface area (Å²) in [5.41, 5.74) is 2.11. The van der Waals surface area contributed by atoms with Crippen LogP contribution in [0.25, 0.3) is 5.57 Å². The number of nitriles is 1. The zero-order chi connectivity index (χ0) is 15.2. The highest BCUT2D eigenvalue weighted by Gasteiger charge is 2.15. The second kappa shape index (κ2) is 6.49. The van der Waals surface area contributed by atoms with Crippen molar-refractivity contribution in [3.63, 3.8) is 0 Å². The van der Waals surface area contributed by atoms with E-state index in [2.05, 4.69) is 0 Å². The molecular weight excluding hydrogens is 266 g/mol. The van der Waals surface area contributed by atoms with Gasteiger partial charge in [0.15, 0.2) is 11.5 Å². The molecule has 0 fully saturated rings. The molecule has 21 heavy (non-hydrogen) atoms. The lowest BCUT2D eigenvalue weighted by Gasteiger charge is -2.15. The van der Waals surface area contributed by atoms with Crippen molar-refractivity contribution < 1.29 is 14.6 Å². The molecule has 2 aromatic carbocycles. The third-order valence-corrected chi connectivity index (χ3v) is 3.06. The Morgan fingerprint density at radius 1 is 1.14 bits per heavy atom. The fourth-order valence-corrected chi connectivity index (χ4v) is 2.15. The Kier molecular flexibility index (Phi) is 4.47. The minimum absolute atomic E-state index is 0.137. The van der Waals surface area contributed by atoms with Crippen LogP contribution in [0.3, 0.4) is 0 Å². The van der Waals surface area contributed by atoms with Crippen LogP contribution in [-0.2, 0) is 0 Å². The molecule has 0 radical (unpaired) electrons. The number of ether oxygens (including phenoxy) is 2. The van der Waals surface area contributed by atoms with Gasteiger partial charge in [-0.25, -0.2) is 0 Å². The van der Waals surface area contributed by atoms with E-state index in [0.717, 1.165) is 11.1 Å². The quantitative estimate of drug-likeness (QED) is 0.873. The molecule has 1 N–H and O–H groups in total. The smallest absolute Gasteiger partial charge is 0.168 e. The van der Waals surface area contributed by atoms with Crippen LogP contribution in [0.2, 0.25) is 0 Å². The third-order valence-electron chi connectivity index (χ3n) is 3.06. The molecule has 0 heterocycles. The Hall–Kier alpha value is -2.93. The van der Waals surface area contributed by atoms with Crippen LogP contribution in [-0.4, -0.2) is 19.3 Å². The van der Waals surface area contributed by atoms with Crippen LogP contribution in [0, 0.1) is 11.3 Å². The van der Waals surface area contributed by atoms with Crippen LogP contribution in [0.4, 0.5) is 0 Å². The standard InChI is InChI=1S/C17H15NO3/c1-20-16-8-4-7-15(17(16)21-2)14(9-10-18)12-5-3-6-13(19)11-12/h3-9,11,19H,1-2H3. The fourth-order valence-electron chi connectivity index (χ4n) is 2.15. The molecule has 0 atom stereocenters. The van der Waals surface area contributed by atoms with Gasteiger partial charge in [-0.3, -0.25) is 0 Å².